The van der Waals surface area contributed by atoms with Gasteiger partial charge in [0, 0.05) is 43.0 Å². The van der Waals surface area contributed by atoms with Gasteiger partial charge in [0.15, 0.2) is 11.5 Å². The van der Waals surface area contributed by atoms with Gasteiger partial charge in [-0.15, -0.1) is 0 Å². The monoisotopic (exact) mass is 420 g/mol. The fourth-order valence-corrected chi connectivity index (χ4v) is 3.70. The number of nitrogens with one attached hydrogen (secondary N) is 1. The van der Waals surface area contributed by atoms with Crippen LogP contribution in [0, 0.1) is 0 Å². The molecule has 1 atom stereocenters. The van der Waals surface area contributed by atoms with Gasteiger partial charge in [-0.1, -0.05) is 23.4 Å². The molecule has 1 unspecified atom stereocenters. The Morgan fingerprint density at radius 3 is 2.94 bits per heavy atom. The summed E-state index contributed by atoms with van der Waals surface area (Å²) in [6.07, 6.45) is 3.76. The van der Waals surface area contributed by atoms with Gasteiger partial charge >= 0.3 is 0 Å². The number of benzene rings is 1. The van der Waals surface area contributed by atoms with Crippen LogP contribution in [0.1, 0.15) is 29.0 Å². The molecule has 4 rings (SSSR count). The third-order valence-corrected chi connectivity index (χ3v) is 5.31. The molecule has 3 aromatic rings. The van der Waals surface area contributed by atoms with Crippen LogP contribution in [-0.4, -0.2) is 53.1 Å². The van der Waals surface area contributed by atoms with Crippen molar-refractivity contribution in [3.05, 3.63) is 66.1 Å². The van der Waals surface area contributed by atoms with Crippen LogP contribution in [0.15, 0.2) is 59.3 Å². The Kier molecular flexibility index (Phi) is 6.26. The lowest BCUT2D eigenvalue weighted by Crippen LogP contribution is -2.46. The molecular weight excluding hydrogens is 396 g/mol. The number of methoxy groups -OCH3 is 1. The first-order valence-corrected chi connectivity index (χ1v) is 10.3. The molecule has 2 amide bonds. The maximum Gasteiger partial charge on any atom is 0.276 e. The molecule has 31 heavy (non-hydrogen) atoms. The van der Waals surface area contributed by atoms with E-state index in [0.717, 1.165) is 17.7 Å². The van der Waals surface area contributed by atoms with Crippen LogP contribution in [-0.2, 0) is 11.2 Å². The van der Waals surface area contributed by atoms with E-state index < -0.39 is 6.04 Å². The maximum atomic E-state index is 13.0. The minimum atomic E-state index is -0.506. The van der Waals surface area contributed by atoms with E-state index in [2.05, 4.69) is 15.5 Å². The molecule has 0 aliphatic carbocycles. The van der Waals surface area contributed by atoms with E-state index in [0.29, 0.717) is 37.4 Å². The average molecular weight is 420 g/mol. The van der Waals surface area contributed by atoms with Crippen LogP contribution >= 0.6 is 0 Å². The summed E-state index contributed by atoms with van der Waals surface area (Å²) in [4.78, 5) is 31.5. The smallest absolute Gasteiger partial charge is 0.276 e. The van der Waals surface area contributed by atoms with Crippen molar-refractivity contribution in [2.75, 3.05) is 20.2 Å². The summed E-state index contributed by atoms with van der Waals surface area (Å²) in [5.74, 6) is 0.695. The highest BCUT2D eigenvalue weighted by molar-refractivity contribution is 5.97. The Balaban J connectivity index is 1.39. The van der Waals surface area contributed by atoms with Crippen LogP contribution in [0.25, 0.3) is 11.3 Å². The van der Waals surface area contributed by atoms with Crippen LogP contribution < -0.4 is 10.1 Å². The second kappa shape index (κ2) is 9.42. The second-order valence-corrected chi connectivity index (χ2v) is 7.33. The highest BCUT2D eigenvalue weighted by atomic mass is 16.5. The van der Waals surface area contributed by atoms with Crippen molar-refractivity contribution in [2.45, 2.75) is 25.3 Å². The standard InChI is InChI=1S/C23H24N4O4/c1-30-18-8-4-6-16(14-18)21-15-19(26-31-21)23(29)27-13-5-9-20(27)22(28)25-12-10-17-7-2-3-11-24-17/h2-4,6-8,11,14-15,20H,5,9-10,12-13H2,1H3,(H,25,28). The number of pyridine rings is 1. The zero-order valence-electron chi connectivity index (χ0n) is 17.3. The highest BCUT2D eigenvalue weighted by Gasteiger charge is 2.35. The molecule has 1 aliphatic heterocycles. The number of aromatic nitrogens is 2. The lowest BCUT2D eigenvalue weighted by atomic mass is 10.1. The van der Waals surface area contributed by atoms with Crippen LogP contribution in [0.4, 0.5) is 0 Å². The molecule has 0 saturated carbocycles. The molecule has 1 aromatic carbocycles. The molecule has 0 spiro atoms. The Bertz CT molecular complexity index is 1050. The van der Waals surface area contributed by atoms with E-state index >= 15 is 0 Å². The fraction of sp³-hybridized carbons (Fsp3) is 0.304. The predicted molar refractivity (Wildman–Crippen MR) is 114 cm³/mol. The second-order valence-electron chi connectivity index (χ2n) is 7.33. The summed E-state index contributed by atoms with van der Waals surface area (Å²) in [5, 5.41) is 6.86. The molecular formula is C23H24N4O4. The Morgan fingerprint density at radius 1 is 1.23 bits per heavy atom. The van der Waals surface area contributed by atoms with E-state index in [1.807, 2.05) is 42.5 Å². The summed E-state index contributed by atoms with van der Waals surface area (Å²) < 4.78 is 10.6. The molecule has 8 nitrogen and oxygen atoms in total. The lowest BCUT2D eigenvalue weighted by molar-refractivity contribution is -0.124. The van der Waals surface area contributed by atoms with Crippen molar-refractivity contribution in [1.29, 1.82) is 0 Å². The van der Waals surface area contributed by atoms with Crippen LogP contribution in [0.2, 0.25) is 0 Å². The zero-order chi connectivity index (χ0) is 21.6. The summed E-state index contributed by atoms with van der Waals surface area (Å²) in [5.41, 5.74) is 1.86. The molecule has 0 radical (unpaired) electrons. The van der Waals surface area contributed by atoms with Crippen molar-refractivity contribution in [3.63, 3.8) is 0 Å². The average Bonchev–Trinajstić information content (AvgIpc) is 3.50. The number of carbonyl (C=O) groups is 2. The Morgan fingerprint density at radius 2 is 2.13 bits per heavy atom. The summed E-state index contributed by atoms with van der Waals surface area (Å²) >= 11 is 0. The van der Waals surface area contributed by atoms with Crippen molar-refractivity contribution >= 4 is 11.8 Å². The topological polar surface area (TPSA) is 97.6 Å². The molecule has 1 N–H and O–H groups in total. The lowest BCUT2D eigenvalue weighted by Gasteiger charge is -2.22. The van der Waals surface area contributed by atoms with Gasteiger partial charge in [0.05, 0.1) is 7.11 Å². The Labute approximate surface area is 180 Å². The molecule has 8 heteroatoms. The molecule has 2 aromatic heterocycles. The number of hydrogen-bond donors (Lipinski definition) is 1. The third kappa shape index (κ3) is 4.74. The van der Waals surface area contributed by atoms with Gasteiger partial charge < -0.3 is 19.5 Å². The quantitative estimate of drug-likeness (QED) is 0.631. The minimum absolute atomic E-state index is 0.154. The molecule has 0 bridgehead atoms. The van der Waals surface area contributed by atoms with Gasteiger partial charge in [0.2, 0.25) is 5.91 Å². The van der Waals surface area contributed by atoms with Gasteiger partial charge in [-0.2, -0.15) is 0 Å². The molecule has 1 saturated heterocycles. The maximum absolute atomic E-state index is 13.0. The number of carbonyl (C=O) groups excluding carboxylic acids is 2. The van der Waals surface area contributed by atoms with Crippen LogP contribution in [0.3, 0.4) is 0 Å². The minimum Gasteiger partial charge on any atom is -0.497 e. The normalized spacial score (nSPS) is 15.6. The van der Waals surface area contributed by atoms with Gasteiger partial charge in [0.1, 0.15) is 11.8 Å². The number of ether oxygens (including phenoxy) is 1. The van der Waals surface area contributed by atoms with Crippen molar-refractivity contribution in [3.8, 4) is 17.1 Å². The summed E-state index contributed by atoms with van der Waals surface area (Å²) in [6.45, 7) is 0.983. The summed E-state index contributed by atoms with van der Waals surface area (Å²) in [6, 6.07) is 14.1. The van der Waals surface area contributed by atoms with Crippen molar-refractivity contribution in [1.82, 2.24) is 20.4 Å². The van der Waals surface area contributed by atoms with E-state index in [1.165, 1.54) is 0 Å². The van der Waals surface area contributed by atoms with Crippen molar-refractivity contribution < 1.29 is 18.8 Å². The number of rotatable bonds is 7. The van der Waals surface area contributed by atoms with E-state index in [-0.39, 0.29) is 17.5 Å². The Hall–Kier alpha value is -3.68. The first kappa shape index (κ1) is 20.6. The van der Waals surface area contributed by atoms with Crippen molar-refractivity contribution in [2.24, 2.45) is 0 Å². The largest absolute Gasteiger partial charge is 0.497 e. The molecule has 3 heterocycles. The van der Waals surface area contributed by atoms with Gasteiger partial charge in [-0.25, -0.2) is 0 Å². The fourth-order valence-electron chi connectivity index (χ4n) is 3.70. The summed E-state index contributed by atoms with van der Waals surface area (Å²) in [7, 11) is 1.59. The van der Waals surface area contributed by atoms with Gasteiger partial charge in [-0.05, 0) is 37.1 Å². The van der Waals surface area contributed by atoms with E-state index in [1.54, 1.807) is 24.3 Å². The molecule has 1 fully saturated rings. The predicted octanol–water partition coefficient (Wildman–Crippen LogP) is 2.71. The van der Waals surface area contributed by atoms with E-state index in [4.69, 9.17) is 9.26 Å². The first-order chi connectivity index (χ1) is 15.2. The number of amides is 2. The number of likely N-dealkylation sites (tertiary alicyclic amines) is 1. The highest BCUT2D eigenvalue weighted by Crippen LogP contribution is 2.26. The zero-order valence-corrected chi connectivity index (χ0v) is 17.3. The van der Waals surface area contributed by atoms with Crippen LogP contribution in [0.5, 0.6) is 5.75 Å². The first-order valence-electron chi connectivity index (χ1n) is 10.3. The number of hydrogen-bond acceptors (Lipinski definition) is 6. The van der Waals surface area contributed by atoms with E-state index in [9.17, 15) is 9.59 Å². The van der Waals surface area contributed by atoms with Gasteiger partial charge in [0.25, 0.3) is 5.91 Å². The molecule has 1 aliphatic rings. The third-order valence-electron chi connectivity index (χ3n) is 5.31. The molecule has 160 valence electrons. The SMILES string of the molecule is COc1cccc(-c2cc(C(=O)N3CCCC3C(=O)NCCc3ccccn3)no2)c1. The van der Waals surface area contributed by atoms with Gasteiger partial charge in [-0.3, -0.25) is 14.6 Å². The number of nitrogens with zero attached hydrogens (tertiary/aromatic N) is 3.